The summed E-state index contributed by atoms with van der Waals surface area (Å²) in [7, 11) is 0. The molecule has 3 aromatic carbocycles. The first-order chi connectivity index (χ1) is 16.5. The van der Waals surface area contributed by atoms with Crippen molar-refractivity contribution in [3.8, 4) is 5.75 Å². The van der Waals surface area contributed by atoms with E-state index in [1.165, 1.54) is 36.4 Å². The van der Waals surface area contributed by atoms with E-state index in [1.807, 2.05) is 12.1 Å². The van der Waals surface area contributed by atoms with Crippen molar-refractivity contribution in [3.63, 3.8) is 0 Å². The minimum absolute atomic E-state index is 0.0161. The number of rotatable bonds is 9. The van der Waals surface area contributed by atoms with Crippen molar-refractivity contribution < 1.29 is 18.7 Å². The molecule has 1 heterocycles. The van der Waals surface area contributed by atoms with Gasteiger partial charge < -0.3 is 10.0 Å². The predicted octanol–water partition coefficient (Wildman–Crippen LogP) is 7.59. The van der Waals surface area contributed by atoms with Gasteiger partial charge in [0.25, 0.3) is 0 Å². The van der Waals surface area contributed by atoms with Crippen LogP contribution in [0.15, 0.2) is 84.6 Å². The highest BCUT2D eigenvalue weighted by Crippen LogP contribution is 2.52. The lowest BCUT2D eigenvalue weighted by atomic mass is 9.75. The standard InChI is InChI=1S/C29H29F2NO2/c1-2-3-4-5-27-26(18-19-28(34)20-6-10-22(30)11-7-20)29(21-8-16-25(33)17-9-21)32(27)24-14-12-23(31)13-15-24/h5-17,26,29,33H,2-4,18-19H2,1H3/b27-5+/t26-,29?/m0/s1. The fraction of sp³-hybridized carbons (Fsp3) is 0.276. The van der Waals surface area contributed by atoms with Crippen LogP contribution in [0.1, 0.15) is 61.0 Å². The van der Waals surface area contributed by atoms with Crippen molar-refractivity contribution in [1.82, 2.24) is 0 Å². The fourth-order valence-electron chi connectivity index (χ4n) is 4.64. The maximum atomic E-state index is 13.6. The summed E-state index contributed by atoms with van der Waals surface area (Å²) < 4.78 is 26.9. The zero-order valence-electron chi connectivity index (χ0n) is 19.3. The predicted molar refractivity (Wildman–Crippen MR) is 131 cm³/mol. The van der Waals surface area contributed by atoms with Gasteiger partial charge in [-0.1, -0.05) is 38.0 Å². The van der Waals surface area contributed by atoms with Gasteiger partial charge in [0.2, 0.25) is 0 Å². The zero-order valence-corrected chi connectivity index (χ0v) is 19.3. The molecule has 5 heteroatoms. The number of nitrogens with zero attached hydrogens (tertiary/aromatic N) is 1. The molecule has 2 atom stereocenters. The molecular formula is C29H29F2NO2. The maximum absolute atomic E-state index is 13.6. The molecule has 3 nitrogen and oxygen atoms in total. The van der Waals surface area contributed by atoms with E-state index < -0.39 is 0 Å². The Bertz CT molecular complexity index is 1140. The minimum Gasteiger partial charge on any atom is -0.508 e. The number of Topliss-reactive ketones (excluding diaryl/α,β-unsaturated/α-hetero) is 1. The van der Waals surface area contributed by atoms with Gasteiger partial charge in [0, 0.05) is 29.3 Å². The third-order valence-corrected chi connectivity index (χ3v) is 6.42. The summed E-state index contributed by atoms with van der Waals surface area (Å²) >= 11 is 0. The van der Waals surface area contributed by atoms with E-state index in [1.54, 1.807) is 24.3 Å². The van der Waals surface area contributed by atoms with E-state index in [0.29, 0.717) is 18.4 Å². The first-order valence-electron chi connectivity index (χ1n) is 11.8. The maximum Gasteiger partial charge on any atom is 0.162 e. The van der Waals surface area contributed by atoms with Gasteiger partial charge in [0.15, 0.2) is 5.78 Å². The van der Waals surface area contributed by atoms with Crippen LogP contribution in [0.5, 0.6) is 5.75 Å². The molecule has 1 saturated heterocycles. The average Bonchev–Trinajstić information content (AvgIpc) is 2.83. The number of ketones is 1. The normalized spacial score (nSPS) is 18.7. The van der Waals surface area contributed by atoms with Gasteiger partial charge in [-0.05, 0) is 79.1 Å². The Morgan fingerprint density at radius 3 is 2.18 bits per heavy atom. The van der Waals surface area contributed by atoms with Crippen LogP contribution < -0.4 is 4.90 Å². The van der Waals surface area contributed by atoms with E-state index in [0.717, 1.165) is 36.2 Å². The molecule has 0 aromatic heterocycles. The summed E-state index contributed by atoms with van der Waals surface area (Å²) in [6.45, 7) is 2.15. The number of hydrogen-bond acceptors (Lipinski definition) is 3. The van der Waals surface area contributed by atoms with Crippen LogP contribution in [0.4, 0.5) is 14.5 Å². The number of benzene rings is 3. The van der Waals surface area contributed by atoms with Gasteiger partial charge in [-0.3, -0.25) is 4.79 Å². The number of halogens is 2. The van der Waals surface area contributed by atoms with Gasteiger partial charge in [-0.15, -0.1) is 0 Å². The summed E-state index contributed by atoms with van der Waals surface area (Å²) in [5, 5.41) is 9.79. The Hall–Kier alpha value is -3.47. The molecule has 1 aliphatic heterocycles. The molecule has 1 unspecified atom stereocenters. The first-order valence-corrected chi connectivity index (χ1v) is 11.8. The highest BCUT2D eigenvalue weighted by molar-refractivity contribution is 5.96. The summed E-state index contributed by atoms with van der Waals surface area (Å²) in [6.07, 6.45) is 6.27. The van der Waals surface area contributed by atoms with Crippen molar-refractivity contribution in [1.29, 1.82) is 0 Å². The van der Waals surface area contributed by atoms with Crippen molar-refractivity contribution in [2.45, 2.75) is 45.1 Å². The molecule has 0 radical (unpaired) electrons. The third kappa shape index (κ3) is 5.19. The van der Waals surface area contributed by atoms with Crippen LogP contribution in [-0.2, 0) is 0 Å². The van der Waals surface area contributed by atoms with Crippen molar-refractivity contribution in [2.75, 3.05) is 4.90 Å². The summed E-state index contributed by atoms with van der Waals surface area (Å²) in [6, 6.07) is 19.2. The SMILES string of the molecule is CCCC/C=C1\[C@H](CCC(=O)c2ccc(F)cc2)C(c2ccc(O)cc2)N1c1ccc(F)cc1. The second kappa shape index (κ2) is 10.6. The molecule has 4 rings (SSSR count). The largest absolute Gasteiger partial charge is 0.508 e. The topological polar surface area (TPSA) is 40.5 Å². The van der Waals surface area contributed by atoms with Gasteiger partial charge in [-0.2, -0.15) is 0 Å². The smallest absolute Gasteiger partial charge is 0.162 e. The van der Waals surface area contributed by atoms with Crippen molar-refractivity contribution in [3.05, 3.63) is 107 Å². The number of phenolic OH excluding ortho intramolecular Hbond substituents is 1. The van der Waals surface area contributed by atoms with Crippen LogP contribution in [0.25, 0.3) is 0 Å². The Labute approximate surface area is 199 Å². The number of hydrogen-bond donors (Lipinski definition) is 1. The second-order valence-electron chi connectivity index (χ2n) is 8.73. The number of phenols is 1. The molecule has 1 N–H and O–H groups in total. The lowest BCUT2D eigenvalue weighted by Gasteiger charge is -2.52. The Morgan fingerprint density at radius 2 is 1.56 bits per heavy atom. The quantitative estimate of drug-likeness (QED) is 0.264. The molecule has 1 fully saturated rings. The number of allylic oxidation sites excluding steroid dienone is 1. The number of anilines is 1. The lowest BCUT2D eigenvalue weighted by molar-refractivity contribution is 0.0970. The first kappa shape index (κ1) is 23.7. The number of carbonyl (C=O) groups excluding carboxylic acids is 1. The summed E-state index contributed by atoms with van der Waals surface area (Å²) in [4.78, 5) is 15.0. The van der Waals surface area contributed by atoms with Gasteiger partial charge in [-0.25, -0.2) is 8.78 Å². The molecule has 0 amide bonds. The van der Waals surface area contributed by atoms with Gasteiger partial charge in [0.05, 0.1) is 6.04 Å². The number of aromatic hydroxyl groups is 1. The molecular weight excluding hydrogens is 432 g/mol. The number of carbonyl (C=O) groups is 1. The Balaban J connectivity index is 1.64. The van der Waals surface area contributed by atoms with Gasteiger partial charge in [0.1, 0.15) is 17.4 Å². The van der Waals surface area contributed by atoms with Crippen LogP contribution in [-0.4, -0.2) is 10.9 Å². The van der Waals surface area contributed by atoms with E-state index in [9.17, 15) is 18.7 Å². The van der Waals surface area contributed by atoms with Crippen molar-refractivity contribution >= 4 is 11.5 Å². The minimum atomic E-state index is -0.362. The Kier molecular flexibility index (Phi) is 7.41. The van der Waals surface area contributed by atoms with Crippen LogP contribution in [0.2, 0.25) is 0 Å². The van der Waals surface area contributed by atoms with E-state index in [2.05, 4.69) is 17.9 Å². The molecule has 0 spiro atoms. The van der Waals surface area contributed by atoms with E-state index in [-0.39, 0.29) is 35.1 Å². The molecule has 34 heavy (non-hydrogen) atoms. The van der Waals surface area contributed by atoms with E-state index in [4.69, 9.17) is 0 Å². The molecule has 0 saturated carbocycles. The highest BCUT2D eigenvalue weighted by atomic mass is 19.1. The lowest BCUT2D eigenvalue weighted by Crippen LogP contribution is -2.47. The fourth-order valence-corrected chi connectivity index (χ4v) is 4.64. The molecule has 0 bridgehead atoms. The third-order valence-electron chi connectivity index (χ3n) is 6.42. The average molecular weight is 462 g/mol. The van der Waals surface area contributed by atoms with Crippen molar-refractivity contribution in [2.24, 2.45) is 5.92 Å². The summed E-state index contributed by atoms with van der Waals surface area (Å²) in [5.74, 6) is -0.381. The van der Waals surface area contributed by atoms with E-state index >= 15 is 0 Å². The van der Waals surface area contributed by atoms with Crippen LogP contribution in [0.3, 0.4) is 0 Å². The molecule has 1 aliphatic rings. The molecule has 3 aromatic rings. The van der Waals surface area contributed by atoms with Crippen LogP contribution >= 0.6 is 0 Å². The highest BCUT2D eigenvalue weighted by Gasteiger charge is 2.44. The molecule has 176 valence electrons. The Morgan fingerprint density at radius 1 is 0.941 bits per heavy atom. The molecule has 0 aliphatic carbocycles. The second-order valence-corrected chi connectivity index (χ2v) is 8.73. The van der Waals surface area contributed by atoms with Gasteiger partial charge >= 0.3 is 0 Å². The number of unbranched alkanes of at least 4 members (excludes halogenated alkanes) is 2. The monoisotopic (exact) mass is 461 g/mol. The van der Waals surface area contributed by atoms with Crippen LogP contribution in [0, 0.1) is 17.6 Å². The summed E-state index contributed by atoms with van der Waals surface area (Å²) in [5.41, 5.74) is 3.55. The zero-order chi connectivity index (χ0) is 24.1.